The van der Waals surface area contributed by atoms with E-state index in [1.807, 2.05) is 42.5 Å². The second-order valence-electron chi connectivity index (χ2n) is 6.78. The molecule has 3 aromatic carbocycles. The van der Waals surface area contributed by atoms with Crippen molar-refractivity contribution < 1.29 is 14.3 Å². The highest BCUT2D eigenvalue weighted by Crippen LogP contribution is 2.34. The molecule has 2 unspecified atom stereocenters. The van der Waals surface area contributed by atoms with E-state index >= 15 is 0 Å². The fourth-order valence-electron chi connectivity index (χ4n) is 3.37. The molecule has 0 aliphatic heterocycles. The Labute approximate surface area is 168 Å². The van der Waals surface area contributed by atoms with Crippen molar-refractivity contribution in [3.63, 3.8) is 0 Å². The van der Waals surface area contributed by atoms with E-state index in [-0.39, 0.29) is 17.3 Å². The number of anilines is 1. The third-order valence-electron chi connectivity index (χ3n) is 4.81. The maximum absolute atomic E-state index is 13.4. The number of nitrogens with zero attached hydrogens (tertiary/aromatic N) is 1. The van der Waals surface area contributed by atoms with E-state index in [0.717, 1.165) is 11.1 Å². The van der Waals surface area contributed by atoms with Gasteiger partial charge in [-0.3, -0.25) is 9.79 Å². The van der Waals surface area contributed by atoms with E-state index < -0.39 is 12.0 Å². The maximum atomic E-state index is 13.4. The Hall–Kier alpha value is -3.57. The van der Waals surface area contributed by atoms with Gasteiger partial charge in [-0.2, -0.15) is 0 Å². The third-order valence-corrected chi connectivity index (χ3v) is 4.81. The fraction of sp³-hybridized carbons (Fsp3) is 0.0833. The maximum Gasteiger partial charge on any atom is 0.254 e. The van der Waals surface area contributed by atoms with Crippen molar-refractivity contribution in [2.24, 2.45) is 4.99 Å². The highest BCUT2D eigenvalue weighted by molar-refractivity contribution is 6.09. The Morgan fingerprint density at radius 1 is 1.00 bits per heavy atom. The minimum absolute atomic E-state index is 0.253. The van der Waals surface area contributed by atoms with Crippen LogP contribution in [0.15, 0.2) is 89.4 Å². The van der Waals surface area contributed by atoms with Gasteiger partial charge in [-0.15, -0.1) is 0 Å². The van der Waals surface area contributed by atoms with Crippen LogP contribution in [0.5, 0.6) is 0 Å². The number of aliphatic imine (C=N–C) groups is 1. The molecule has 1 aliphatic rings. The molecule has 3 aromatic rings. The zero-order valence-electron chi connectivity index (χ0n) is 15.5. The molecule has 4 rings (SSSR count). The molecule has 144 valence electrons. The third kappa shape index (κ3) is 4.15. The Balaban J connectivity index is 1.66. The normalized spacial score (nSPS) is 18.2. The van der Waals surface area contributed by atoms with Crippen LogP contribution in [0.3, 0.4) is 0 Å². The number of carbonyl (C=O) groups is 1. The molecular weight excluding hydrogens is 367 g/mol. The Bertz CT molecular complexity index is 1090. The van der Waals surface area contributed by atoms with E-state index in [2.05, 4.69) is 10.3 Å². The number of para-hydroxylation sites is 1. The first-order valence-corrected chi connectivity index (χ1v) is 9.26. The number of halogens is 1. The molecule has 0 saturated carbocycles. The number of carbonyl (C=O) groups excluding carboxylic acids is 1. The second kappa shape index (κ2) is 8.20. The van der Waals surface area contributed by atoms with Gasteiger partial charge in [0.15, 0.2) is 0 Å². The van der Waals surface area contributed by atoms with Crippen LogP contribution in [0.4, 0.5) is 15.8 Å². The van der Waals surface area contributed by atoms with Crippen LogP contribution in [0.2, 0.25) is 0 Å². The van der Waals surface area contributed by atoms with Crippen LogP contribution in [0.25, 0.3) is 6.08 Å². The average molecular weight is 386 g/mol. The molecule has 2 atom stereocenters. The number of nitrogens with one attached hydrogen (secondary N) is 1. The van der Waals surface area contributed by atoms with E-state index in [4.69, 9.17) is 0 Å². The number of benzene rings is 3. The standard InChI is InChI=1S/C24H19FN2O2/c25-17-8-6-11-19(14-17)26-15-22-20-12-5-4-7-16(20)13-21(23(22)28)24(29)27-18-9-2-1-3-10-18/h1-15,22-23,28H,(H,27,29). The highest BCUT2D eigenvalue weighted by atomic mass is 19.1. The van der Waals surface area contributed by atoms with Crippen LogP contribution in [-0.2, 0) is 4.79 Å². The summed E-state index contributed by atoms with van der Waals surface area (Å²) >= 11 is 0. The number of hydrogen-bond donors (Lipinski definition) is 2. The Kier molecular flexibility index (Phi) is 5.31. The molecule has 0 saturated heterocycles. The smallest absolute Gasteiger partial charge is 0.254 e. The number of amides is 1. The monoisotopic (exact) mass is 386 g/mol. The first-order valence-electron chi connectivity index (χ1n) is 9.26. The molecule has 0 radical (unpaired) electrons. The number of fused-ring (bicyclic) bond motifs is 1. The number of aliphatic hydroxyl groups excluding tert-OH is 1. The molecule has 4 nitrogen and oxygen atoms in total. The van der Waals surface area contributed by atoms with Gasteiger partial charge in [0.2, 0.25) is 0 Å². The zero-order chi connectivity index (χ0) is 20.2. The van der Waals surface area contributed by atoms with Crippen LogP contribution < -0.4 is 5.32 Å². The summed E-state index contributed by atoms with van der Waals surface area (Å²) < 4.78 is 13.4. The summed E-state index contributed by atoms with van der Waals surface area (Å²) in [5.41, 5.74) is 3.04. The largest absolute Gasteiger partial charge is 0.387 e. The summed E-state index contributed by atoms with van der Waals surface area (Å²) in [6.07, 6.45) is 2.19. The van der Waals surface area contributed by atoms with E-state index in [0.29, 0.717) is 11.4 Å². The SMILES string of the molecule is O=C(Nc1ccccc1)C1=Cc2ccccc2C(C=Nc2cccc(F)c2)C1O. The van der Waals surface area contributed by atoms with Crippen LogP contribution >= 0.6 is 0 Å². The van der Waals surface area contributed by atoms with E-state index in [1.54, 1.807) is 36.6 Å². The topological polar surface area (TPSA) is 61.7 Å². The molecule has 5 heteroatoms. The quantitative estimate of drug-likeness (QED) is 0.638. The molecule has 0 aromatic heterocycles. The van der Waals surface area contributed by atoms with Crippen molar-refractivity contribution in [3.05, 3.63) is 101 Å². The predicted molar refractivity (Wildman–Crippen MR) is 113 cm³/mol. The van der Waals surface area contributed by atoms with Crippen molar-refractivity contribution >= 4 is 29.6 Å². The van der Waals surface area contributed by atoms with Gasteiger partial charge in [0.1, 0.15) is 5.82 Å². The first kappa shape index (κ1) is 18.8. The summed E-state index contributed by atoms with van der Waals surface area (Å²) in [4.78, 5) is 17.2. The lowest BCUT2D eigenvalue weighted by Gasteiger charge is -2.28. The number of aliphatic hydroxyl groups is 1. The lowest BCUT2D eigenvalue weighted by atomic mass is 9.81. The van der Waals surface area contributed by atoms with E-state index in [1.165, 1.54) is 12.1 Å². The fourth-order valence-corrected chi connectivity index (χ4v) is 3.37. The van der Waals surface area contributed by atoms with Crippen molar-refractivity contribution in [1.82, 2.24) is 0 Å². The van der Waals surface area contributed by atoms with Gasteiger partial charge in [0, 0.05) is 17.5 Å². The van der Waals surface area contributed by atoms with Gasteiger partial charge in [0.25, 0.3) is 5.91 Å². The first-order chi connectivity index (χ1) is 14.1. The van der Waals surface area contributed by atoms with Gasteiger partial charge in [-0.05, 0) is 47.5 Å². The molecule has 0 bridgehead atoms. The average Bonchev–Trinajstić information content (AvgIpc) is 2.73. The van der Waals surface area contributed by atoms with Crippen LogP contribution in [0.1, 0.15) is 17.0 Å². The van der Waals surface area contributed by atoms with Crippen molar-refractivity contribution in [3.8, 4) is 0 Å². The number of rotatable bonds is 4. The summed E-state index contributed by atoms with van der Waals surface area (Å²) in [5, 5.41) is 13.8. The van der Waals surface area contributed by atoms with E-state index in [9.17, 15) is 14.3 Å². The van der Waals surface area contributed by atoms with Crippen molar-refractivity contribution in [2.75, 3.05) is 5.32 Å². The molecule has 1 aliphatic carbocycles. The second-order valence-corrected chi connectivity index (χ2v) is 6.78. The van der Waals surface area contributed by atoms with Gasteiger partial charge in [-0.1, -0.05) is 48.5 Å². The van der Waals surface area contributed by atoms with Crippen molar-refractivity contribution in [2.45, 2.75) is 12.0 Å². The van der Waals surface area contributed by atoms with Gasteiger partial charge in [0.05, 0.1) is 17.7 Å². The minimum atomic E-state index is -1.08. The van der Waals surface area contributed by atoms with Crippen molar-refractivity contribution in [1.29, 1.82) is 0 Å². The lowest BCUT2D eigenvalue weighted by Crippen LogP contribution is -2.32. The van der Waals surface area contributed by atoms with Gasteiger partial charge >= 0.3 is 0 Å². The molecule has 2 N–H and O–H groups in total. The summed E-state index contributed by atoms with van der Waals surface area (Å²) in [5.74, 6) is -1.29. The summed E-state index contributed by atoms with van der Waals surface area (Å²) in [6, 6.07) is 22.5. The van der Waals surface area contributed by atoms with Crippen LogP contribution in [-0.4, -0.2) is 23.3 Å². The predicted octanol–water partition coefficient (Wildman–Crippen LogP) is 4.71. The Morgan fingerprint density at radius 2 is 1.76 bits per heavy atom. The minimum Gasteiger partial charge on any atom is -0.387 e. The molecule has 29 heavy (non-hydrogen) atoms. The molecular formula is C24H19FN2O2. The number of hydrogen-bond acceptors (Lipinski definition) is 3. The molecule has 0 spiro atoms. The lowest BCUT2D eigenvalue weighted by molar-refractivity contribution is -0.113. The zero-order valence-corrected chi connectivity index (χ0v) is 15.5. The van der Waals surface area contributed by atoms with Gasteiger partial charge in [-0.25, -0.2) is 4.39 Å². The Morgan fingerprint density at radius 3 is 2.55 bits per heavy atom. The molecule has 0 fully saturated rings. The molecule has 0 heterocycles. The van der Waals surface area contributed by atoms with Crippen LogP contribution in [0, 0.1) is 5.82 Å². The molecule has 1 amide bonds. The highest BCUT2D eigenvalue weighted by Gasteiger charge is 2.32. The summed E-state index contributed by atoms with van der Waals surface area (Å²) in [6.45, 7) is 0. The summed E-state index contributed by atoms with van der Waals surface area (Å²) in [7, 11) is 0. The van der Waals surface area contributed by atoms with Gasteiger partial charge < -0.3 is 10.4 Å².